The van der Waals surface area contributed by atoms with Crippen molar-refractivity contribution in [1.82, 2.24) is 0 Å². The lowest BCUT2D eigenvalue weighted by Crippen LogP contribution is -2.02. The molecule has 0 amide bonds. The summed E-state index contributed by atoms with van der Waals surface area (Å²) in [5.41, 5.74) is 0.739. The summed E-state index contributed by atoms with van der Waals surface area (Å²) < 4.78 is 0. The molecule has 1 aromatic carbocycles. The van der Waals surface area contributed by atoms with E-state index in [9.17, 15) is 15.2 Å². The molecule has 4 heteroatoms. The number of hydrogen-bond acceptors (Lipinski definition) is 3. The predicted octanol–water partition coefficient (Wildman–Crippen LogP) is 2.27. The van der Waals surface area contributed by atoms with Crippen LogP contribution in [0, 0.1) is 22.0 Å². The highest BCUT2D eigenvalue weighted by atomic mass is 16.6. The summed E-state index contributed by atoms with van der Waals surface area (Å²) in [6.07, 6.45) is 2.01. The molecule has 0 radical (unpaired) electrons. The van der Waals surface area contributed by atoms with Crippen molar-refractivity contribution in [3.8, 4) is 11.8 Å². The minimum atomic E-state index is -0.502. The number of nitro groups is 1. The highest BCUT2D eigenvalue weighted by molar-refractivity contribution is 5.41. The Morgan fingerprint density at radius 1 is 1.47 bits per heavy atom. The van der Waals surface area contributed by atoms with Gasteiger partial charge >= 0.3 is 0 Å². The summed E-state index contributed by atoms with van der Waals surface area (Å²) in [5.74, 6) is 5.65. The molecule has 17 heavy (non-hydrogen) atoms. The average molecular weight is 231 g/mol. The first-order chi connectivity index (χ1) is 8.13. The summed E-state index contributed by atoms with van der Waals surface area (Å²) in [6, 6.07) is 5.99. The molecule has 88 valence electrons. The van der Waals surface area contributed by atoms with E-state index in [1.807, 2.05) is 0 Å². The van der Waals surface area contributed by atoms with Crippen LogP contribution in [0.4, 0.5) is 5.69 Å². The van der Waals surface area contributed by atoms with Crippen LogP contribution in [0.2, 0.25) is 0 Å². The quantitative estimate of drug-likeness (QED) is 0.374. The van der Waals surface area contributed by atoms with Gasteiger partial charge in [0.15, 0.2) is 0 Å². The summed E-state index contributed by atoms with van der Waals surface area (Å²) in [5, 5.41) is 19.8. The molecule has 0 aliphatic heterocycles. The first-order valence-electron chi connectivity index (χ1n) is 5.15. The predicted molar refractivity (Wildman–Crippen MR) is 65.4 cm³/mol. The van der Waals surface area contributed by atoms with Gasteiger partial charge in [0.1, 0.15) is 0 Å². The second-order valence-corrected chi connectivity index (χ2v) is 3.49. The lowest BCUT2D eigenvalue weighted by Gasteiger charge is -2.00. The number of nitro benzene ring substituents is 1. The Labute approximate surface area is 99.7 Å². The van der Waals surface area contributed by atoms with Crippen LogP contribution < -0.4 is 0 Å². The smallest absolute Gasteiger partial charge is 0.269 e. The van der Waals surface area contributed by atoms with Crippen molar-refractivity contribution in [2.75, 3.05) is 0 Å². The molecule has 1 unspecified atom stereocenters. The van der Waals surface area contributed by atoms with Crippen molar-refractivity contribution in [3.05, 3.63) is 52.6 Å². The van der Waals surface area contributed by atoms with Gasteiger partial charge in [-0.25, -0.2) is 0 Å². The van der Waals surface area contributed by atoms with Crippen LogP contribution >= 0.6 is 0 Å². The minimum Gasteiger partial charge on any atom is -0.392 e. The largest absolute Gasteiger partial charge is 0.392 e. The SMILES string of the molecule is C=CCC(O)CC#Cc1ccc([N+](=O)[O-])cc1. The molecule has 0 saturated heterocycles. The molecular weight excluding hydrogens is 218 g/mol. The van der Waals surface area contributed by atoms with E-state index in [4.69, 9.17) is 0 Å². The van der Waals surface area contributed by atoms with E-state index in [0.717, 1.165) is 0 Å². The van der Waals surface area contributed by atoms with Gasteiger partial charge < -0.3 is 5.11 Å². The summed E-state index contributed by atoms with van der Waals surface area (Å²) in [4.78, 5) is 9.96. The summed E-state index contributed by atoms with van der Waals surface area (Å²) >= 11 is 0. The van der Waals surface area contributed by atoms with Crippen LogP contribution in [0.5, 0.6) is 0 Å². The van der Waals surface area contributed by atoms with Crippen molar-refractivity contribution in [2.24, 2.45) is 0 Å². The van der Waals surface area contributed by atoms with Crippen molar-refractivity contribution in [3.63, 3.8) is 0 Å². The first-order valence-corrected chi connectivity index (χ1v) is 5.15. The van der Waals surface area contributed by atoms with Gasteiger partial charge in [0, 0.05) is 24.1 Å². The molecular formula is C13H13NO3. The molecule has 4 nitrogen and oxygen atoms in total. The van der Waals surface area contributed by atoms with Crippen molar-refractivity contribution < 1.29 is 10.0 Å². The number of aliphatic hydroxyl groups is 1. The van der Waals surface area contributed by atoms with Gasteiger partial charge in [-0.3, -0.25) is 10.1 Å². The minimum absolute atomic E-state index is 0.0437. The Morgan fingerprint density at radius 2 is 2.12 bits per heavy atom. The molecule has 0 saturated carbocycles. The van der Waals surface area contributed by atoms with Crippen molar-refractivity contribution in [2.45, 2.75) is 18.9 Å². The van der Waals surface area contributed by atoms with E-state index in [1.54, 1.807) is 18.2 Å². The molecule has 0 spiro atoms. The second kappa shape index (κ2) is 6.46. The van der Waals surface area contributed by atoms with E-state index in [-0.39, 0.29) is 5.69 Å². The Kier molecular flexibility index (Phi) is 4.92. The van der Waals surface area contributed by atoms with Crippen LogP contribution in [-0.4, -0.2) is 16.1 Å². The maximum Gasteiger partial charge on any atom is 0.269 e. The lowest BCUT2D eigenvalue weighted by atomic mass is 10.1. The molecule has 0 bridgehead atoms. The normalized spacial score (nSPS) is 11.1. The monoisotopic (exact) mass is 231 g/mol. The molecule has 0 fully saturated rings. The van der Waals surface area contributed by atoms with Gasteiger partial charge in [-0.15, -0.1) is 6.58 Å². The second-order valence-electron chi connectivity index (χ2n) is 3.49. The number of hydrogen-bond donors (Lipinski definition) is 1. The zero-order valence-corrected chi connectivity index (χ0v) is 9.30. The first kappa shape index (κ1) is 12.9. The third kappa shape index (κ3) is 4.49. The number of aliphatic hydroxyl groups excluding tert-OH is 1. The number of non-ortho nitro benzene ring substituents is 1. The Bertz CT molecular complexity index is 454. The molecule has 0 aliphatic rings. The fraction of sp³-hybridized carbons (Fsp3) is 0.231. The molecule has 1 atom stereocenters. The summed E-state index contributed by atoms with van der Waals surface area (Å²) in [7, 11) is 0. The van der Waals surface area contributed by atoms with Gasteiger partial charge in [-0.2, -0.15) is 0 Å². The van der Waals surface area contributed by atoms with E-state index >= 15 is 0 Å². The van der Waals surface area contributed by atoms with Crippen LogP contribution in [0.3, 0.4) is 0 Å². The fourth-order valence-corrected chi connectivity index (χ4v) is 1.21. The topological polar surface area (TPSA) is 63.4 Å². The van der Waals surface area contributed by atoms with E-state index in [2.05, 4.69) is 18.4 Å². The zero-order valence-electron chi connectivity index (χ0n) is 9.30. The standard InChI is InChI=1S/C13H13NO3/c1-2-4-13(15)6-3-5-11-7-9-12(10-8-11)14(16)17/h2,7-10,13,15H,1,4,6H2. The lowest BCUT2D eigenvalue weighted by molar-refractivity contribution is -0.384. The molecule has 1 aromatic rings. The third-order valence-electron chi connectivity index (χ3n) is 2.09. The van der Waals surface area contributed by atoms with Gasteiger partial charge in [-0.1, -0.05) is 17.9 Å². The highest BCUT2D eigenvalue weighted by Crippen LogP contribution is 2.11. The van der Waals surface area contributed by atoms with Crippen LogP contribution in [0.15, 0.2) is 36.9 Å². The molecule has 0 heterocycles. The molecule has 0 aliphatic carbocycles. The van der Waals surface area contributed by atoms with Crippen LogP contribution in [-0.2, 0) is 0 Å². The van der Waals surface area contributed by atoms with Gasteiger partial charge in [0.05, 0.1) is 11.0 Å². The van der Waals surface area contributed by atoms with Crippen molar-refractivity contribution >= 4 is 5.69 Å². The van der Waals surface area contributed by atoms with Crippen LogP contribution in [0.25, 0.3) is 0 Å². The third-order valence-corrected chi connectivity index (χ3v) is 2.09. The fourth-order valence-electron chi connectivity index (χ4n) is 1.21. The molecule has 1 N–H and O–H groups in total. The maximum atomic E-state index is 10.4. The number of benzene rings is 1. The number of rotatable bonds is 4. The van der Waals surface area contributed by atoms with E-state index in [1.165, 1.54) is 12.1 Å². The molecule has 1 rings (SSSR count). The van der Waals surface area contributed by atoms with Gasteiger partial charge in [0.2, 0.25) is 0 Å². The highest BCUT2D eigenvalue weighted by Gasteiger charge is 2.02. The zero-order chi connectivity index (χ0) is 12.7. The summed E-state index contributed by atoms with van der Waals surface area (Å²) in [6.45, 7) is 3.52. The van der Waals surface area contributed by atoms with E-state index in [0.29, 0.717) is 18.4 Å². The number of nitrogens with zero attached hydrogens (tertiary/aromatic N) is 1. The van der Waals surface area contributed by atoms with Gasteiger partial charge in [0.25, 0.3) is 5.69 Å². The van der Waals surface area contributed by atoms with E-state index < -0.39 is 11.0 Å². The maximum absolute atomic E-state index is 10.4. The van der Waals surface area contributed by atoms with Gasteiger partial charge in [-0.05, 0) is 18.6 Å². The Hall–Kier alpha value is -2.12. The Balaban J connectivity index is 2.60. The van der Waals surface area contributed by atoms with Crippen LogP contribution in [0.1, 0.15) is 18.4 Å². The molecule has 0 aromatic heterocycles. The Morgan fingerprint density at radius 3 is 2.65 bits per heavy atom. The average Bonchev–Trinajstić information content (AvgIpc) is 2.30. The van der Waals surface area contributed by atoms with Crippen molar-refractivity contribution in [1.29, 1.82) is 0 Å².